The summed E-state index contributed by atoms with van der Waals surface area (Å²) in [7, 11) is 1.48. The molecule has 0 unspecified atom stereocenters. The Morgan fingerprint density at radius 3 is 2.54 bits per heavy atom. The second-order valence-electron chi connectivity index (χ2n) is 5.71. The van der Waals surface area contributed by atoms with E-state index in [9.17, 15) is 18.0 Å². The Kier molecular flexibility index (Phi) is 7.31. The molecule has 2 rings (SSSR count). The molecule has 0 saturated carbocycles. The van der Waals surface area contributed by atoms with E-state index < -0.39 is 18.7 Å². The van der Waals surface area contributed by atoms with E-state index in [0.717, 1.165) is 5.56 Å². The van der Waals surface area contributed by atoms with Crippen LogP contribution in [0.5, 0.6) is 17.2 Å². The van der Waals surface area contributed by atoms with Gasteiger partial charge >= 0.3 is 6.18 Å². The van der Waals surface area contributed by atoms with Gasteiger partial charge in [-0.3, -0.25) is 4.79 Å². The number of methoxy groups -OCH3 is 1. The van der Waals surface area contributed by atoms with Crippen LogP contribution in [-0.4, -0.2) is 32.4 Å². The number of nitrogens with one attached hydrogen (secondary N) is 1. The molecule has 0 spiro atoms. The summed E-state index contributed by atoms with van der Waals surface area (Å²) < 4.78 is 52.5. The van der Waals surface area contributed by atoms with E-state index in [-0.39, 0.29) is 18.0 Å². The zero-order valence-corrected chi connectivity index (χ0v) is 15.2. The summed E-state index contributed by atoms with van der Waals surface area (Å²) in [6.45, 7) is 1.86. The van der Waals surface area contributed by atoms with Crippen molar-refractivity contribution < 1.29 is 32.2 Å². The molecule has 0 atom stereocenters. The lowest BCUT2D eigenvalue weighted by molar-refractivity contribution is -0.153. The van der Waals surface area contributed by atoms with Crippen LogP contribution in [-0.2, 0) is 11.2 Å². The number of carbonyl (C=O) groups excluding carboxylic acids is 1. The van der Waals surface area contributed by atoms with Gasteiger partial charge in [-0.15, -0.1) is 6.58 Å². The molecule has 0 fully saturated rings. The quantitative estimate of drug-likeness (QED) is 0.640. The summed E-state index contributed by atoms with van der Waals surface area (Å²) in [4.78, 5) is 12.1. The number of halogens is 3. The lowest BCUT2D eigenvalue weighted by Gasteiger charge is -2.15. The number of para-hydroxylation sites is 2. The second-order valence-corrected chi connectivity index (χ2v) is 5.71. The molecule has 1 amide bonds. The maximum atomic E-state index is 12.3. The van der Waals surface area contributed by atoms with E-state index in [4.69, 9.17) is 14.2 Å². The van der Waals surface area contributed by atoms with E-state index in [1.54, 1.807) is 24.3 Å². The minimum Gasteiger partial charge on any atom is -0.493 e. The SMILES string of the molecule is C=CCc1ccc(OCC(=O)Nc2ccccc2OCC(F)(F)F)c(OC)c1. The molecule has 0 aliphatic heterocycles. The van der Waals surface area contributed by atoms with Gasteiger partial charge in [0.1, 0.15) is 5.75 Å². The Morgan fingerprint density at radius 2 is 1.86 bits per heavy atom. The first-order valence-electron chi connectivity index (χ1n) is 8.31. The molecule has 0 radical (unpaired) electrons. The average Bonchev–Trinajstić information content (AvgIpc) is 2.65. The van der Waals surface area contributed by atoms with Gasteiger partial charge in [0.25, 0.3) is 5.91 Å². The predicted molar refractivity (Wildman–Crippen MR) is 99.0 cm³/mol. The van der Waals surface area contributed by atoms with Gasteiger partial charge in [0.2, 0.25) is 0 Å². The molecule has 8 heteroatoms. The first-order chi connectivity index (χ1) is 13.3. The highest BCUT2D eigenvalue weighted by Crippen LogP contribution is 2.29. The summed E-state index contributed by atoms with van der Waals surface area (Å²) in [6, 6.07) is 11.1. The molecule has 0 bridgehead atoms. The standard InChI is InChI=1S/C20H20F3NO4/c1-3-6-14-9-10-17(18(11-14)26-2)27-12-19(25)24-15-7-4-5-8-16(15)28-13-20(21,22)23/h3-5,7-11H,1,6,12-13H2,2H3,(H,24,25). The fourth-order valence-corrected chi connectivity index (χ4v) is 2.31. The van der Waals surface area contributed by atoms with Crippen LogP contribution < -0.4 is 19.5 Å². The molecule has 0 saturated heterocycles. The number of carbonyl (C=O) groups is 1. The minimum absolute atomic E-state index is 0.0838. The van der Waals surface area contributed by atoms with Crippen LogP contribution in [0.3, 0.4) is 0 Å². The molecule has 0 aromatic heterocycles. The Hall–Kier alpha value is -3.16. The maximum absolute atomic E-state index is 12.3. The van der Waals surface area contributed by atoms with Crippen molar-refractivity contribution in [1.82, 2.24) is 0 Å². The number of amides is 1. The molecule has 1 N–H and O–H groups in total. The monoisotopic (exact) mass is 395 g/mol. The maximum Gasteiger partial charge on any atom is 0.422 e. The third-order valence-corrected chi connectivity index (χ3v) is 3.52. The zero-order chi connectivity index (χ0) is 20.6. The molecule has 0 heterocycles. The van der Waals surface area contributed by atoms with E-state index in [2.05, 4.69) is 11.9 Å². The summed E-state index contributed by atoms with van der Waals surface area (Å²) in [6.07, 6.45) is -2.07. The van der Waals surface area contributed by atoms with Gasteiger partial charge in [-0.2, -0.15) is 13.2 Å². The van der Waals surface area contributed by atoms with Crippen LogP contribution in [0.4, 0.5) is 18.9 Å². The zero-order valence-electron chi connectivity index (χ0n) is 15.2. The largest absolute Gasteiger partial charge is 0.493 e. The van der Waals surface area contributed by atoms with Gasteiger partial charge in [0, 0.05) is 0 Å². The number of rotatable bonds is 9. The van der Waals surface area contributed by atoms with E-state index in [1.807, 2.05) is 6.07 Å². The van der Waals surface area contributed by atoms with Crippen LogP contribution in [0.1, 0.15) is 5.56 Å². The van der Waals surface area contributed by atoms with Crippen LogP contribution in [0.15, 0.2) is 55.1 Å². The van der Waals surface area contributed by atoms with Crippen molar-refractivity contribution >= 4 is 11.6 Å². The topological polar surface area (TPSA) is 56.8 Å². The number of alkyl halides is 3. The predicted octanol–water partition coefficient (Wildman–Crippen LogP) is 4.38. The fraction of sp³-hybridized carbons (Fsp3) is 0.250. The van der Waals surface area contributed by atoms with Gasteiger partial charge in [-0.05, 0) is 36.2 Å². The van der Waals surface area contributed by atoms with Crippen molar-refractivity contribution in [3.8, 4) is 17.2 Å². The molecule has 5 nitrogen and oxygen atoms in total. The van der Waals surface area contributed by atoms with Crippen molar-refractivity contribution in [2.75, 3.05) is 25.6 Å². The molecular formula is C20H20F3NO4. The van der Waals surface area contributed by atoms with Crippen LogP contribution >= 0.6 is 0 Å². The lowest BCUT2D eigenvalue weighted by atomic mass is 10.1. The van der Waals surface area contributed by atoms with Crippen LogP contribution in [0, 0.1) is 0 Å². The summed E-state index contributed by atoms with van der Waals surface area (Å²) >= 11 is 0. The minimum atomic E-state index is -4.48. The number of ether oxygens (including phenoxy) is 3. The molecule has 0 aliphatic carbocycles. The van der Waals surface area contributed by atoms with Gasteiger partial charge in [0.05, 0.1) is 12.8 Å². The Morgan fingerprint density at radius 1 is 1.11 bits per heavy atom. The lowest BCUT2D eigenvalue weighted by Crippen LogP contribution is -2.22. The first-order valence-corrected chi connectivity index (χ1v) is 8.31. The van der Waals surface area contributed by atoms with Crippen molar-refractivity contribution in [1.29, 1.82) is 0 Å². The molecule has 150 valence electrons. The first kappa shape index (κ1) is 21.1. The summed E-state index contributed by atoms with van der Waals surface area (Å²) in [5.74, 6) is 0.188. The van der Waals surface area contributed by atoms with Crippen LogP contribution in [0.2, 0.25) is 0 Å². The van der Waals surface area contributed by atoms with Crippen molar-refractivity contribution in [3.63, 3.8) is 0 Å². The average molecular weight is 395 g/mol. The van der Waals surface area contributed by atoms with Gasteiger partial charge < -0.3 is 19.5 Å². The van der Waals surface area contributed by atoms with Crippen molar-refractivity contribution in [2.24, 2.45) is 0 Å². The number of benzene rings is 2. The van der Waals surface area contributed by atoms with Crippen LogP contribution in [0.25, 0.3) is 0 Å². The summed E-state index contributed by atoms with van der Waals surface area (Å²) in [5.41, 5.74) is 1.09. The summed E-state index contributed by atoms with van der Waals surface area (Å²) in [5, 5.41) is 2.48. The second kappa shape index (κ2) is 9.68. The molecule has 2 aromatic carbocycles. The number of hydrogen-bond donors (Lipinski definition) is 1. The molecule has 0 aliphatic rings. The normalized spacial score (nSPS) is 10.9. The Bertz CT molecular complexity index is 821. The Balaban J connectivity index is 1.99. The third-order valence-electron chi connectivity index (χ3n) is 3.52. The van der Waals surface area contributed by atoms with Crippen molar-refractivity contribution in [3.05, 3.63) is 60.7 Å². The molecule has 28 heavy (non-hydrogen) atoms. The number of hydrogen-bond acceptors (Lipinski definition) is 4. The molecule has 2 aromatic rings. The number of allylic oxidation sites excluding steroid dienone is 1. The highest BCUT2D eigenvalue weighted by Gasteiger charge is 2.28. The van der Waals surface area contributed by atoms with E-state index >= 15 is 0 Å². The highest BCUT2D eigenvalue weighted by molar-refractivity contribution is 5.93. The van der Waals surface area contributed by atoms with Gasteiger partial charge in [-0.25, -0.2) is 0 Å². The van der Waals surface area contributed by atoms with Crippen molar-refractivity contribution in [2.45, 2.75) is 12.6 Å². The Labute approximate surface area is 160 Å². The molecular weight excluding hydrogens is 375 g/mol. The number of anilines is 1. The highest BCUT2D eigenvalue weighted by atomic mass is 19.4. The van der Waals surface area contributed by atoms with E-state index in [0.29, 0.717) is 17.9 Å². The fourth-order valence-electron chi connectivity index (χ4n) is 2.31. The van der Waals surface area contributed by atoms with Gasteiger partial charge in [-0.1, -0.05) is 24.3 Å². The third kappa shape index (κ3) is 6.53. The van der Waals surface area contributed by atoms with E-state index in [1.165, 1.54) is 25.3 Å². The van der Waals surface area contributed by atoms with Gasteiger partial charge in [0.15, 0.2) is 24.7 Å². The smallest absolute Gasteiger partial charge is 0.422 e.